The minimum Gasteiger partial charge on any atom is -0.423 e. The van der Waals surface area contributed by atoms with Crippen LogP contribution in [0.2, 0.25) is 0 Å². The molecule has 0 atom stereocenters. The molecule has 29 heavy (non-hydrogen) atoms. The first-order valence-electron chi connectivity index (χ1n) is 10.4. The van der Waals surface area contributed by atoms with Crippen molar-refractivity contribution in [3.05, 3.63) is 59.7 Å². The number of aromatic nitrogens is 2. The molecule has 3 heterocycles. The smallest absolute Gasteiger partial charge is 0.298 e. The fourth-order valence-corrected chi connectivity index (χ4v) is 4.05. The summed E-state index contributed by atoms with van der Waals surface area (Å²) >= 11 is 0. The maximum atomic E-state index is 6.04. The van der Waals surface area contributed by atoms with E-state index in [1.807, 2.05) is 6.07 Å². The number of rotatable bonds is 3. The van der Waals surface area contributed by atoms with Gasteiger partial charge in [-0.3, -0.25) is 0 Å². The molecule has 0 aliphatic carbocycles. The Morgan fingerprint density at radius 3 is 2.41 bits per heavy atom. The van der Waals surface area contributed by atoms with Crippen molar-refractivity contribution >= 4 is 33.8 Å². The van der Waals surface area contributed by atoms with Crippen LogP contribution in [0.3, 0.4) is 0 Å². The van der Waals surface area contributed by atoms with Gasteiger partial charge in [-0.15, -0.1) is 0 Å². The summed E-state index contributed by atoms with van der Waals surface area (Å²) in [7, 11) is 0. The van der Waals surface area contributed by atoms with E-state index in [0.29, 0.717) is 5.92 Å². The second-order valence-corrected chi connectivity index (χ2v) is 8.17. The van der Waals surface area contributed by atoms with Gasteiger partial charge in [-0.05, 0) is 48.2 Å². The van der Waals surface area contributed by atoms with E-state index >= 15 is 0 Å². The van der Waals surface area contributed by atoms with Gasteiger partial charge in [0.15, 0.2) is 5.58 Å². The second kappa shape index (κ2) is 7.07. The van der Waals surface area contributed by atoms with Gasteiger partial charge in [0.1, 0.15) is 11.3 Å². The zero-order valence-corrected chi connectivity index (χ0v) is 17.2. The summed E-state index contributed by atoms with van der Waals surface area (Å²) in [5.74, 6) is 1.54. The largest absolute Gasteiger partial charge is 0.423 e. The molecule has 0 spiro atoms. The minimum absolute atomic E-state index is 0.487. The predicted octanol–water partition coefficient (Wildman–Crippen LogP) is 5.13. The van der Waals surface area contributed by atoms with Crippen LogP contribution in [-0.4, -0.2) is 36.1 Å². The molecular formula is C24H26N4O. The molecule has 148 valence electrons. The van der Waals surface area contributed by atoms with E-state index in [-0.39, 0.29) is 0 Å². The molecule has 1 fully saturated rings. The number of oxazole rings is 1. The van der Waals surface area contributed by atoms with E-state index in [1.165, 1.54) is 16.5 Å². The number of anilines is 2. The highest BCUT2D eigenvalue weighted by molar-refractivity contribution is 5.84. The summed E-state index contributed by atoms with van der Waals surface area (Å²) in [5, 5.41) is 1.22. The lowest BCUT2D eigenvalue weighted by atomic mass is 10.0. The number of fused-ring (bicyclic) bond motifs is 2. The van der Waals surface area contributed by atoms with Gasteiger partial charge < -0.3 is 14.2 Å². The third-order valence-electron chi connectivity index (χ3n) is 5.85. The lowest BCUT2D eigenvalue weighted by molar-refractivity contribution is 0.540. The summed E-state index contributed by atoms with van der Waals surface area (Å²) in [6, 6.07) is 17.6. The van der Waals surface area contributed by atoms with Crippen LogP contribution in [0.25, 0.3) is 22.0 Å². The molecule has 0 N–H and O–H groups in total. The molecule has 4 aromatic rings. The molecule has 5 rings (SSSR count). The normalized spacial score (nSPS) is 15.0. The number of hydrogen-bond acceptors (Lipinski definition) is 5. The van der Waals surface area contributed by atoms with Gasteiger partial charge in [-0.2, -0.15) is 4.98 Å². The van der Waals surface area contributed by atoms with E-state index in [1.54, 1.807) is 0 Å². The van der Waals surface area contributed by atoms with Crippen molar-refractivity contribution in [2.75, 3.05) is 36.0 Å². The SMILES string of the molecule is Cc1cc(N2CCN(c3nc4cc(C(C)C)ccc4o3)CC2)nc2ccccc12. The minimum atomic E-state index is 0.487. The van der Waals surface area contributed by atoms with Crippen LogP contribution in [0.5, 0.6) is 0 Å². The summed E-state index contributed by atoms with van der Waals surface area (Å²) in [5.41, 5.74) is 5.43. The molecule has 1 aliphatic rings. The van der Waals surface area contributed by atoms with Gasteiger partial charge in [0.2, 0.25) is 0 Å². The first-order chi connectivity index (χ1) is 14.1. The molecule has 0 radical (unpaired) electrons. The number of nitrogens with zero attached hydrogens (tertiary/aromatic N) is 4. The van der Waals surface area contributed by atoms with E-state index in [0.717, 1.165) is 54.6 Å². The fourth-order valence-electron chi connectivity index (χ4n) is 4.05. The van der Waals surface area contributed by atoms with Gasteiger partial charge in [0.05, 0.1) is 5.52 Å². The average molecular weight is 386 g/mol. The lowest BCUT2D eigenvalue weighted by Gasteiger charge is -2.34. The maximum Gasteiger partial charge on any atom is 0.298 e. The highest BCUT2D eigenvalue weighted by atomic mass is 16.4. The molecule has 1 saturated heterocycles. The Hall–Kier alpha value is -3.08. The van der Waals surface area contributed by atoms with Crippen molar-refractivity contribution in [1.82, 2.24) is 9.97 Å². The third kappa shape index (κ3) is 3.31. The first kappa shape index (κ1) is 18.0. The Bertz CT molecular complexity index is 1170. The van der Waals surface area contributed by atoms with Crippen molar-refractivity contribution in [2.45, 2.75) is 26.7 Å². The van der Waals surface area contributed by atoms with Crippen LogP contribution in [0.15, 0.2) is 52.9 Å². The van der Waals surface area contributed by atoms with Crippen LogP contribution in [0, 0.1) is 6.92 Å². The monoisotopic (exact) mass is 386 g/mol. The van der Waals surface area contributed by atoms with Gasteiger partial charge in [-0.25, -0.2) is 4.98 Å². The van der Waals surface area contributed by atoms with E-state index in [9.17, 15) is 0 Å². The van der Waals surface area contributed by atoms with Crippen LogP contribution < -0.4 is 9.80 Å². The predicted molar refractivity (Wildman–Crippen MR) is 119 cm³/mol. The molecule has 0 amide bonds. The van der Waals surface area contributed by atoms with Crippen LogP contribution >= 0.6 is 0 Å². The molecular weight excluding hydrogens is 360 g/mol. The Labute approximate surface area is 171 Å². The Balaban J connectivity index is 1.34. The molecule has 2 aromatic carbocycles. The van der Waals surface area contributed by atoms with E-state index in [2.05, 4.69) is 73.0 Å². The van der Waals surface area contributed by atoms with E-state index in [4.69, 9.17) is 14.4 Å². The van der Waals surface area contributed by atoms with Crippen molar-refractivity contribution < 1.29 is 4.42 Å². The molecule has 0 saturated carbocycles. The molecule has 5 heteroatoms. The lowest BCUT2D eigenvalue weighted by Crippen LogP contribution is -2.47. The zero-order chi connectivity index (χ0) is 20.0. The van der Waals surface area contributed by atoms with Crippen molar-refractivity contribution in [3.8, 4) is 0 Å². The number of aryl methyl sites for hydroxylation is 1. The summed E-state index contributed by atoms with van der Waals surface area (Å²) in [6.45, 7) is 10.1. The highest BCUT2D eigenvalue weighted by Gasteiger charge is 2.22. The van der Waals surface area contributed by atoms with Crippen LogP contribution in [-0.2, 0) is 0 Å². The molecule has 0 bridgehead atoms. The van der Waals surface area contributed by atoms with Crippen LogP contribution in [0.1, 0.15) is 30.9 Å². The Morgan fingerprint density at radius 2 is 1.62 bits per heavy atom. The fraction of sp³-hybridized carbons (Fsp3) is 0.333. The summed E-state index contributed by atoms with van der Waals surface area (Å²) in [6.07, 6.45) is 0. The second-order valence-electron chi connectivity index (χ2n) is 8.17. The number of para-hydroxylation sites is 1. The van der Waals surface area contributed by atoms with Crippen molar-refractivity contribution in [2.24, 2.45) is 0 Å². The quantitative estimate of drug-likeness (QED) is 0.488. The number of piperazine rings is 1. The number of benzene rings is 2. The molecule has 1 aliphatic heterocycles. The molecule has 2 aromatic heterocycles. The summed E-state index contributed by atoms with van der Waals surface area (Å²) < 4.78 is 6.04. The van der Waals surface area contributed by atoms with Gasteiger partial charge in [-0.1, -0.05) is 38.1 Å². The standard InChI is InChI=1S/C24H26N4O/c1-16(2)18-8-9-22-21(15-18)26-24(29-22)28-12-10-27(11-13-28)23-14-17(3)19-6-4-5-7-20(19)25-23/h4-9,14-16H,10-13H2,1-3H3. The first-order valence-corrected chi connectivity index (χ1v) is 10.4. The van der Waals surface area contributed by atoms with E-state index < -0.39 is 0 Å². The maximum absolute atomic E-state index is 6.04. The summed E-state index contributed by atoms with van der Waals surface area (Å²) in [4.78, 5) is 14.2. The third-order valence-corrected chi connectivity index (χ3v) is 5.85. The molecule has 5 nitrogen and oxygen atoms in total. The molecule has 0 unspecified atom stereocenters. The highest BCUT2D eigenvalue weighted by Crippen LogP contribution is 2.28. The Kier molecular flexibility index (Phi) is 4.38. The number of pyridine rings is 1. The van der Waals surface area contributed by atoms with Crippen molar-refractivity contribution in [3.63, 3.8) is 0 Å². The topological polar surface area (TPSA) is 45.4 Å². The van der Waals surface area contributed by atoms with Gasteiger partial charge in [0, 0.05) is 31.6 Å². The van der Waals surface area contributed by atoms with Gasteiger partial charge >= 0.3 is 0 Å². The Morgan fingerprint density at radius 1 is 0.862 bits per heavy atom. The van der Waals surface area contributed by atoms with Crippen LogP contribution in [0.4, 0.5) is 11.8 Å². The van der Waals surface area contributed by atoms with Crippen molar-refractivity contribution in [1.29, 1.82) is 0 Å². The number of hydrogen-bond donors (Lipinski definition) is 0. The zero-order valence-electron chi connectivity index (χ0n) is 17.2. The van der Waals surface area contributed by atoms with Gasteiger partial charge in [0.25, 0.3) is 6.01 Å². The average Bonchev–Trinajstić information content (AvgIpc) is 3.17.